The molecule has 1 aromatic carbocycles. The maximum atomic E-state index is 5.88. The van der Waals surface area contributed by atoms with Gasteiger partial charge < -0.3 is 10.5 Å². The summed E-state index contributed by atoms with van der Waals surface area (Å²) >= 11 is 5.88. The van der Waals surface area contributed by atoms with Crippen molar-refractivity contribution in [2.75, 3.05) is 13.2 Å². The molecular formula is C11H14ClNO. The summed E-state index contributed by atoms with van der Waals surface area (Å²) in [4.78, 5) is 0. The molecule has 0 spiro atoms. The molecule has 0 aliphatic rings. The second kappa shape index (κ2) is 5.68. The summed E-state index contributed by atoms with van der Waals surface area (Å²) in [6, 6.07) is 5.53. The summed E-state index contributed by atoms with van der Waals surface area (Å²) in [6.45, 7) is 3.11. The van der Waals surface area contributed by atoms with Crippen LogP contribution in [0.25, 0.3) is 6.08 Å². The van der Waals surface area contributed by atoms with Crippen molar-refractivity contribution < 1.29 is 4.74 Å². The molecular weight excluding hydrogens is 198 g/mol. The van der Waals surface area contributed by atoms with Gasteiger partial charge in [-0.15, -0.1) is 0 Å². The van der Waals surface area contributed by atoms with Crippen LogP contribution in [-0.2, 0) is 0 Å². The molecule has 0 saturated carbocycles. The van der Waals surface area contributed by atoms with Crippen molar-refractivity contribution in [1.82, 2.24) is 0 Å². The predicted molar refractivity (Wildman–Crippen MR) is 60.7 cm³/mol. The van der Waals surface area contributed by atoms with E-state index < -0.39 is 0 Å². The molecule has 2 N–H and O–H groups in total. The molecule has 0 fully saturated rings. The van der Waals surface area contributed by atoms with Crippen LogP contribution in [0.2, 0.25) is 5.02 Å². The fourth-order valence-corrected chi connectivity index (χ4v) is 1.31. The van der Waals surface area contributed by atoms with Crippen molar-refractivity contribution in [3.05, 3.63) is 34.9 Å². The molecule has 0 atom stereocenters. The monoisotopic (exact) mass is 211 g/mol. The smallest absolute Gasteiger partial charge is 0.126 e. The largest absolute Gasteiger partial charge is 0.493 e. The van der Waals surface area contributed by atoms with Gasteiger partial charge in [-0.25, -0.2) is 0 Å². The quantitative estimate of drug-likeness (QED) is 0.831. The lowest BCUT2D eigenvalue weighted by Gasteiger charge is -2.07. The number of nitrogens with two attached hydrogens (primary N) is 1. The summed E-state index contributed by atoms with van der Waals surface area (Å²) in [5.74, 6) is 0.835. The molecule has 0 aromatic heterocycles. The Morgan fingerprint density at radius 3 is 2.93 bits per heavy atom. The van der Waals surface area contributed by atoms with Gasteiger partial charge in [0.2, 0.25) is 0 Å². The van der Waals surface area contributed by atoms with Crippen LogP contribution in [0.1, 0.15) is 12.5 Å². The number of rotatable bonds is 4. The van der Waals surface area contributed by atoms with Crippen molar-refractivity contribution in [1.29, 1.82) is 0 Å². The summed E-state index contributed by atoms with van der Waals surface area (Å²) in [6.07, 6.45) is 3.78. The van der Waals surface area contributed by atoms with E-state index in [2.05, 4.69) is 0 Å². The molecule has 0 unspecified atom stereocenters. The second-order valence-corrected chi connectivity index (χ2v) is 3.19. The molecule has 0 radical (unpaired) electrons. The van der Waals surface area contributed by atoms with Gasteiger partial charge in [0.15, 0.2) is 0 Å². The van der Waals surface area contributed by atoms with Gasteiger partial charge >= 0.3 is 0 Å². The Hall–Kier alpha value is -0.990. The standard InChI is InChI=1S/C11H14ClNO/c1-2-14-11-6-5-10(12)8-9(11)4-3-7-13/h3-6,8H,2,7,13H2,1H3/b4-3+. The Bertz CT molecular complexity index is 323. The van der Waals surface area contributed by atoms with E-state index in [1.807, 2.05) is 37.3 Å². The van der Waals surface area contributed by atoms with E-state index in [0.717, 1.165) is 11.3 Å². The van der Waals surface area contributed by atoms with E-state index in [-0.39, 0.29) is 0 Å². The number of halogens is 1. The minimum Gasteiger partial charge on any atom is -0.493 e. The highest BCUT2D eigenvalue weighted by atomic mass is 35.5. The third-order valence-corrected chi connectivity index (χ3v) is 1.94. The maximum Gasteiger partial charge on any atom is 0.126 e. The van der Waals surface area contributed by atoms with Crippen LogP contribution in [0.4, 0.5) is 0 Å². The average Bonchev–Trinajstić information content (AvgIpc) is 2.18. The summed E-state index contributed by atoms with van der Waals surface area (Å²) in [5.41, 5.74) is 6.34. The average molecular weight is 212 g/mol. The molecule has 0 amide bonds. The van der Waals surface area contributed by atoms with Gasteiger partial charge in [0.05, 0.1) is 6.61 Å². The molecule has 0 aliphatic carbocycles. The van der Waals surface area contributed by atoms with Gasteiger partial charge in [0, 0.05) is 17.1 Å². The zero-order valence-electron chi connectivity index (χ0n) is 8.16. The van der Waals surface area contributed by atoms with Crippen LogP contribution < -0.4 is 10.5 Å². The highest BCUT2D eigenvalue weighted by Gasteiger charge is 2.00. The minimum absolute atomic E-state index is 0.512. The first-order chi connectivity index (χ1) is 6.77. The Kier molecular flexibility index (Phi) is 4.50. The first-order valence-electron chi connectivity index (χ1n) is 4.57. The van der Waals surface area contributed by atoms with Crippen molar-refractivity contribution in [3.8, 4) is 5.75 Å². The Balaban J connectivity index is 2.96. The summed E-state index contributed by atoms with van der Waals surface area (Å²) < 4.78 is 5.44. The number of hydrogen-bond donors (Lipinski definition) is 1. The van der Waals surface area contributed by atoms with Crippen molar-refractivity contribution >= 4 is 17.7 Å². The third kappa shape index (κ3) is 3.05. The fraction of sp³-hybridized carbons (Fsp3) is 0.273. The minimum atomic E-state index is 0.512. The summed E-state index contributed by atoms with van der Waals surface area (Å²) in [7, 11) is 0. The highest BCUT2D eigenvalue weighted by Crippen LogP contribution is 2.24. The lowest BCUT2D eigenvalue weighted by Crippen LogP contribution is -1.95. The number of benzene rings is 1. The first-order valence-corrected chi connectivity index (χ1v) is 4.94. The van der Waals surface area contributed by atoms with Gasteiger partial charge in [-0.1, -0.05) is 23.8 Å². The normalized spacial score (nSPS) is 10.8. The molecule has 76 valence electrons. The van der Waals surface area contributed by atoms with Crippen molar-refractivity contribution in [2.24, 2.45) is 5.73 Å². The van der Waals surface area contributed by atoms with Gasteiger partial charge in [0.1, 0.15) is 5.75 Å². The number of hydrogen-bond acceptors (Lipinski definition) is 2. The lowest BCUT2D eigenvalue weighted by atomic mass is 10.2. The Labute approximate surface area is 89.3 Å². The molecule has 0 aliphatic heterocycles. The molecule has 1 aromatic rings. The molecule has 14 heavy (non-hydrogen) atoms. The topological polar surface area (TPSA) is 35.2 Å². The van der Waals surface area contributed by atoms with Crippen LogP contribution in [0, 0.1) is 0 Å². The SMILES string of the molecule is CCOc1ccc(Cl)cc1/C=C/CN. The van der Waals surface area contributed by atoms with Gasteiger partial charge in [-0.2, -0.15) is 0 Å². The molecule has 0 saturated heterocycles. The van der Waals surface area contributed by atoms with Crippen LogP contribution in [0.3, 0.4) is 0 Å². The zero-order chi connectivity index (χ0) is 10.4. The second-order valence-electron chi connectivity index (χ2n) is 2.75. The van der Waals surface area contributed by atoms with Gasteiger partial charge in [-0.05, 0) is 25.1 Å². The third-order valence-electron chi connectivity index (χ3n) is 1.71. The van der Waals surface area contributed by atoms with Gasteiger partial charge in [-0.3, -0.25) is 0 Å². The van der Waals surface area contributed by atoms with Crippen LogP contribution >= 0.6 is 11.6 Å². The van der Waals surface area contributed by atoms with E-state index >= 15 is 0 Å². The van der Waals surface area contributed by atoms with Gasteiger partial charge in [0.25, 0.3) is 0 Å². The van der Waals surface area contributed by atoms with Crippen LogP contribution in [0.15, 0.2) is 24.3 Å². The van der Waals surface area contributed by atoms with Crippen molar-refractivity contribution in [3.63, 3.8) is 0 Å². The van der Waals surface area contributed by atoms with Crippen LogP contribution in [0.5, 0.6) is 5.75 Å². The van der Waals surface area contributed by atoms with E-state index in [4.69, 9.17) is 22.1 Å². The number of ether oxygens (including phenoxy) is 1. The predicted octanol–water partition coefficient (Wildman–Crippen LogP) is 2.71. The van der Waals surface area contributed by atoms with Crippen LogP contribution in [-0.4, -0.2) is 13.2 Å². The van der Waals surface area contributed by atoms with E-state index in [1.54, 1.807) is 0 Å². The van der Waals surface area contributed by atoms with Crippen molar-refractivity contribution in [2.45, 2.75) is 6.92 Å². The molecule has 0 bridgehead atoms. The summed E-state index contributed by atoms with van der Waals surface area (Å²) in [5, 5.41) is 0.699. The first kappa shape index (κ1) is 11.1. The molecule has 3 heteroatoms. The Morgan fingerprint density at radius 2 is 2.29 bits per heavy atom. The lowest BCUT2D eigenvalue weighted by molar-refractivity contribution is 0.339. The van der Waals surface area contributed by atoms with E-state index in [1.165, 1.54) is 0 Å². The fourth-order valence-electron chi connectivity index (χ4n) is 1.13. The Morgan fingerprint density at radius 1 is 1.50 bits per heavy atom. The van der Waals surface area contributed by atoms with E-state index in [9.17, 15) is 0 Å². The molecule has 2 nitrogen and oxygen atoms in total. The zero-order valence-corrected chi connectivity index (χ0v) is 8.92. The van der Waals surface area contributed by atoms with E-state index in [0.29, 0.717) is 18.2 Å². The maximum absolute atomic E-state index is 5.88. The molecule has 0 heterocycles. The highest BCUT2D eigenvalue weighted by molar-refractivity contribution is 6.30. The molecule has 1 rings (SSSR count).